The van der Waals surface area contributed by atoms with E-state index >= 15 is 0 Å². The van der Waals surface area contributed by atoms with Crippen LogP contribution in [0.4, 0.5) is 4.39 Å². The number of carbonyl (C=O) groups excluding carboxylic acids is 1. The molecule has 0 radical (unpaired) electrons. The van der Waals surface area contributed by atoms with E-state index in [4.69, 9.17) is 5.84 Å². The van der Waals surface area contributed by atoms with Crippen LogP contribution in [0.25, 0.3) is 10.9 Å². The van der Waals surface area contributed by atoms with Crippen LogP contribution in [0.15, 0.2) is 36.4 Å². The minimum Gasteiger partial charge on any atom is -0.508 e. The number of aromatic hydroxyl groups is 1. The number of unbranched alkanes of at least 4 members (excludes halogenated alkanes) is 1. The van der Waals surface area contributed by atoms with Gasteiger partial charge in [0.15, 0.2) is 0 Å². The van der Waals surface area contributed by atoms with E-state index in [1.165, 1.54) is 6.07 Å². The molecule has 7 heteroatoms. The predicted octanol–water partition coefficient (Wildman–Crippen LogP) is 4.61. The molecule has 1 heterocycles. The standard InChI is InChI=1S/C28H37FN4O2/c1-3-32(4-2)14-6-5-10-20-16-22(34)17-24-26-23(28(35)31-30)12-8-13-25(26)33(27(20)24)18-19-9-7-11-21(29)15-19/h7,9,11,15-17,23,34H,3-6,8,10,12-14,18,30H2,1-2H3,(H,31,35). The van der Waals surface area contributed by atoms with Crippen molar-refractivity contribution in [2.24, 2.45) is 5.84 Å². The Morgan fingerprint density at radius 3 is 2.74 bits per heavy atom. The van der Waals surface area contributed by atoms with Crippen molar-refractivity contribution in [1.29, 1.82) is 0 Å². The topological polar surface area (TPSA) is 83.5 Å². The fourth-order valence-electron chi connectivity index (χ4n) is 5.65. The number of phenolic OH excluding ortho intramolecular Hbond substituents is 1. The summed E-state index contributed by atoms with van der Waals surface area (Å²) in [7, 11) is 0. The summed E-state index contributed by atoms with van der Waals surface area (Å²) in [4.78, 5) is 15.1. The molecule has 2 aromatic carbocycles. The molecule has 0 saturated carbocycles. The van der Waals surface area contributed by atoms with Gasteiger partial charge in [0, 0.05) is 17.6 Å². The van der Waals surface area contributed by atoms with Crippen LogP contribution in [0.2, 0.25) is 0 Å². The number of benzene rings is 2. The van der Waals surface area contributed by atoms with Gasteiger partial charge in [-0.3, -0.25) is 10.2 Å². The van der Waals surface area contributed by atoms with Gasteiger partial charge in [-0.05, 0) is 99.1 Å². The van der Waals surface area contributed by atoms with Crippen molar-refractivity contribution in [3.05, 3.63) is 64.6 Å². The number of nitrogens with one attached hydrogen (secondary N) is 1. The molecule has 0 saturated heterocycles. The minimum absolute atomic E-state index is 0.208. The summed E-state index contributed by atoms with van der Waals surface area (Å²) in [6, 6.07) is 10.3. The first-order valence-corrected chi connectivity index (χ1v) is 12.8. The largest absolute Gasteiger partial charge is 0.508 e. The molecule has 1 amide bonds. The molecule has 1 aromatic heterocycles. The first kappa shape index (κ1) is 25.2. The van der Waals surface area contributed by atoms with E-state index in [2.05, 4.69) is 28.7 Å². The zero-order valence-corrected chi connectivity index (χ0v) is 20.8. The lowest BCUT2D eigenvalue weighted by atomic mass is 9.84. The second-order valence-corrected chi connectivity index (χ2v) is 9.51. The number of nitrogens with two attached hydrogens (primary N) is 1. The minimum atomic E-state index is -0.364. The van der Waals surface area contributed by atoms with Crippen molar-refractivity contribution < 1.29 is 14.3 Å². The summed E-state index contributed by atoms with van der Waals surface area (Å²) in [5.41, 5.74) is 7.34. The summed E-state index contributed by atoms with van der Waals surface area (Å²) in [5, 5.41) is 11.6. The number of nitrogens with zero attached hydrogens (tertiary/aromatic N) is 2. The average molecular weight is 481 g/mol. The number of hydrogen-bond donors (Lipinski definition) is 3. The summed E-state index contributed by atoms with van der Waals surface area (Å²) in [6.07, 6.45) is 5.31. The molecule has 3 aromatic rings. The lowest BCUT2D eigenvalue weighted by molar-refractivity contribution is -0.122. The lowest BCUT2D eigenvalue weighted by Crippen LogP contribution is -2.36. The third-order valence-corrected chi connectivity index (χ3v) is 7.38. The van der Waals surface area contributed by atoms with E-state index in [1.54, 1.807) is 18.2 Å². The van der Waals surface area contributed by atoms with Gasteiger partial charge in [0.2, 0.25) is 5.91 Å². The number of hydrazine groups is 1. The number of phenols is 1. The van der Waals surface area contributed by atoms with Crippen LogP contribution in [0.3, 0.4) is 0 Å². The summed E-state index contributed by atoms with van der Waals surface area (Å²) in [5.74, 6) is 4.91. The summed E-state index contributed by atoms with van der Waals surface area (Å²) >= 11 is 0. The van der Waals surface area contributed by atoms with Crippen molar-refractivity contribution in [1.82, 2.24) is 14.9 Å². The van der Waals surface area contributed by atoms with E-state index in [0.29, 0.717) is 13.0 Å². The van der Waals surface area contributed by atoms with Gasteiger partial charge in [-0.15, -0.1) is 0 Å². The van der Waals surface area contributed by atoms with Gasteiger partial charge < -0.3 is 14.6 Å². The highest BCUT2D eigenvalue weighted by Crippen LogP contribution is 2.42. The van der Waals surface area contributed by atoms with Gasteiger partial charge in [-0.25, -0.2) is 10.2 Å². The molecule has 0 fully saturated rings. The molecule has 0 spiro atoms. The van der Waals surface area contributed by atoms with Crippen molar-refractivity contribution in [2.45, 2.75) is 64.8 Å². The third kappa shape index (κ3) is 5.36. The zero-order chi connectivity index (χ0) is 24.9. The molecule has 4 N–H and O–H groups in total. The molecule has 6 nitrogen and oxygen atoms in total. The Morgan fingerprint density at radius 2 is 2.03 bits per heavy atom. The normalized spacial score (nSPS) is 15.5. The van der Waals surface area contributed by atoms with Crippen molar-refractivity contribution in [3.63, 3.8) is 0 Å². The number of carbonyl (C=O) groups is 1. The summed E-state index contributed by atoms with van der Waals surface area (Å²) < 4.78 is 16.3. The molecule has 1 aliphatic carbocycles. The Kier molecular flexibility index (Phi) is 8.08. The molecule has 1 aliphatic rings. The second kappa shape index (κ2) is 11.2. The Balaban J connectivity index is 1.79. The maximum Gasteiger partial charge on any atom is 0.241 e. The molecular formula is C28H37FN4O2. The SMILES string of the molecule is CCN(CC)CCCCc1cc(O)cc2c3c(n(Cc4cccc(F)c4)c12)CCCC3C(=O)NN. The quantitative estimate of drug-likeness (QED) is 0.171. The molecule has 4 rings (SSSR count). The van der Waals surface area contributed by atoms with Gasteiger partial charge in [0.05, 0.1) is 11.4 Å². The number of halogens is 1. The first-order valence-electron chi connectivity index (χ1n) is 12.8. The molecule has 1 atom stereocenters. The van der Waals surface area contributed by atoms with Crippen molar-refractivity contribution >= 4 is 16.8 Å². The average Bonchev–Trinajstić information content (AvgIpc) is 3.17. The maximum atomic E-state index is 14.0. The van der Waals surface area contributed by atoms with E-state index < -0.39 is 0 Å². The smallest absolute Gasteiger partial charge is 0.241 e. The molecular weight excluding hydrogens is 443 g/mol. The number of fused-ring (bicyclic) bond motifs is 3. The number of aryl methyl sites for hydroxylation is 1. The van der Waals surface area contributed by atoms with E-state index in [-0.39, 0.29) is 23.4 Å². The number of rotatable bonds is 10. The van der Waals surface area contributed by atoms with Gasteiger partial charge in [-0.2, -0.15) is 0 Å². The number of hydrogen-bond acceptors (Lipinski definition) is 4. The lowest BCUT2D eigenvalue weighted by Gasteiger charge is -2.23. The molecule has 0 bridgehead atoms. The highest BCUT2D eigenvalue weighted by Gasteiger charge is 2.32. The fourth-order valence-corrected chi connectivity index (χ4v) is 5.65. The van der Waals surface area contributed by atoms with E-state index in [0.717, 1.165) is 85.0 Å². The van der Waals surface area contributed by atoms with Crippen molar-refractivity contribution in [3.8, 4) is 5.75 Å². The van der Waals surface area contributed by atoms with Crippen LogP contribution in [0, 0.1) is 5.82 Å². The molecule has 188 valence electrons. The molecule has 1 unspecified atom stereocenters. The highest BCUT2D eigenvalue weighted by molar-refractivity contribution is 5.96. The Bertz CT molecular complexity index is 1190. The second-order valence-electron chi connectivity index (χ2n) is 9.51. The highest BCUT2D eigenvalue weighted by atomic mass is 19.1. The number of amides is 1. The maximum absolute atomic E-state index is 14.0. The zero-order valence-electron chi connectivity index (χ0n) is 20.8. The van der Waals surface area contributed by atoms with Crippen LogP contribution in [-0.4, -0.2) is 40.1 Å². The first-order chi connectivity index (χ1) is 17.0. The van der Waals surface area contributed by atoms with Crippen LogP contribution >= 0.6 is 0 Å². The van der Waals surface area contributed by atoms with Crippen LogP contribution in [0.5, 0.6) is 5.75 Å². The van der Waals surface area contributed by atoms with Crippen LogP contribution in [0.1, 0.15) is 67.8 Å². The van der Waals surface area contributed by atoms with Crippen LogP contribution in [-0.2, 0) is 24.2 Å². The van der Waals surface area contributed by atoms with Crippen molar-refractivity contribution in [2.75, 3.05) is 19.6 Å². The van der Waals surface area contributed by atoms with Gasteiger partial charge >= 0.3 is 0 Å². The van der Waals surface area contributed by atoms with Crippen LogP contribution < -0.4 is 11.3 Å². The monoisotopic (exact) mass is 480 g/mol. The molecule has 35 heavy (non-hydrogen) atoms. The summed E-state index contributed by atoms with van der Waals surface area (Å²) in [6.45, 7) is 8.01. The molecule has 0 aliphatic heterocycles. The third-order valence-electron chi connectivity index (χ3n) is 7.38. The van der Waals surface area contributed by atoms with Gasteiger partial charge in [-0.1, -0.05) is 26.0 Å². The van der Waals surface area contributed by atoms with E-state index in [9.17, 15) is 14.3 Å². The van der Waals surface area contributed by atoms with Gasteiger partial charge in [0.1, 0.15) is 11.6 Å². The Morgan fingerprint density at radius 1 is 1.23 bits per heavy atom. The number of aromatic nitrogens is 1. The Hall–Kier alpha value is -2.90. The Labute approximate surface area is 206 Å². The van der Waals surface area contributed by atoms with Gasteiger partial charge in [0.25, 0.3) is 0 Å². The van der Waals surface area contributed by atoms with E-state index in [1.807, 2.05) is 12.1 Å². The predicted molar refractivity (Wildman–Crippen MR) is 138 cm³/mol. The fraction of sp³-hybridized carbons (Fsp3) is 0.464.